The van der Waals surface area contributed by atoms with Gasteiger partial charge >= 0.3 is 12.1 Å². The van der Waals surface area contributed by atoms with Crippen molar-refractivity contribution in [1.82, 2.24) is 24.9 Å². The zero-order valence-corrected chi connectivity index (χ0v) is 24.4. The summed E-state index contributed by atoms with van der Waals surface area (Å²) < 4.78 is 39.3. The van der Waals surface area contributed by atoms with Gasteiger partial charge in [-0.15, -0.1) is 0 Å². The van der Waals surface area contributed by atoms with E-state index in [1.807, 2.05) is 37.3 Å². The number of fused-ring (bicyclic) bond motifs is 2. The third-order valence-electron chi connectivity index (χ3n) is 6.71. The molecule has 0 bridgehead atoms. The Kier molecular flexibility index (Phi) is 8.20. The second-order valence-electron chi connectivity index (χ2n) is 10.7. The molecule has 5 rings (SSSR count). The number of ether oxygens (including phenoxy) is 4. The van der Waals surface area contributed by atoms with Crippen LogP contribution in [0.2, 0.25) is 0 Å². The maximum Gasteiger partial charge on any atom is 0.408 e. The van der Waals surface area contributed by atoms with E-state index < -0.39 is 29.5 Å². The van der Waals surface area contributed by atoms with Crippen molar-refractivity contribution in [3.63, 3.8) is 0 Å². The number of hydrogen-bond acceptors (Lipinski definition) is 8. The van der Waals surface area contributed by atoms with Gasteiger partial charge in [0.1, 0.15) is 42.5 Å². The topological polar surface area (TPSA) is 129 Å². The highest BCUT2D eigenvalue weighted by Crippen LogP contribution is 2.34. The fourth-order valence-electron chi connectivity index (χ4n) is 4.43. The van der Waals surface area contributed by atoms with Crippen LogP contribution in [0.25, 0.3) is 16.4 Å². The molecule has 0 aliphatic rings. The van der Waals surface area contributed by atoms with Crippen LogP contribution in [-0.4, -0.2) is 49.9 Å². The Bertz CT molecular complexity index is 1780. The predicted octanol–water partition coefficient (Wildman–Crippen LogP) is 5.77. The Morgan fingerprint density at radius 2 is 1.88 bits per heavy atom. The molecule has 0 saturated heterocycles. The van der Waals surface area contributed by atoms with Crippen molar-refractivity contribution >= 4 is 28.5 Å². The zero-order valence-electron chi connectivity index (χ0n) is 24.4. The zero-order chi connectivity index (χ0) is 30.7. The largest absolute Gasteiger partial charge is 0.488 e. The fraction of sp³-hybridized carbons (Fsp3) is 0.290. The number of alkyl carbamates (subject to hydrolysis) is 1. The first kappa shape index (κ1) is 29.4. The van der Waals surface area contributed by atoms with Gasteiger partial charge in [0.25, 0.3) is 0 Å². The average Bonchev–Trinajstić information content (AvgIpc) is 3.52. The summed E-state index contributed by atoms with van der Waals surface area (Å²) in [7, 11) is 0. The summed E-state index contributed by atoms with van der Waals surface area (Å²) in [6.45, 7) is 8.44. The van der Waals surface area contributed by atoms with Gasteiger partial charge in [-0.3, -0.25) is 0 Å². The number of benzene rings is 2. The molecule has 2 aromatic carbocycles. The van der Waals surface area contributed by atoms with E-state index in [-0.39, 0.29) is 24.8 Å². The highest BCUT2D eigenvalue weighted by molar-refractivity contribution is 5.85. The first-order valence-corrected chi connectivity index (χ1v) is 13.6. The summed E-state index contributed by atoms with van der Waals surface area (Å²) in [6.07, 6.45) is 1.53. The number of nitrogens with one attached hydrogen (secondary N) is 2. The smallest absolute Gasteiger partial charge is 0.408 e. The molecule has 1 amide bonds. The van der Waals surface area contributed by atoms with E-state index in [2.05, 4.69) is 20.4 Å². The molecular formula is C31H32FN5O6. The van der Waals surface area contributed by atoms with Crippen LogP contribution in [-0.2, 0) is 20.9 Å². The van der Waals surface area contributed by atoms with Gasteiger partial charge < -0.3 is 29.2 Å². The van der Waals surface area contributed by atoms with Crippen molar-refractivity contribution in [2.45, 2.75) is 52.9 Å². The van der Waals surface area contributed by atoms with Crippen LogP contribution in [0.5, 0.6) is 17.4 Å². The summed E-state index contributed by atoms with van der Waals surface area (Å²) in [5, 5.41) is 7.17. The maximum atomic E-state index is 15.2. The number of esters is 1. The number of carbonyl (C=O) groups is 2. The number of rotatable bonds is 10. The summed E-state index contributed by atoms with van der Waals surface area (Å²) in [5.41, 5.74) is 2.12. The maximum absolute atomic E-state index is 15.2. The number of aryl methyl sites for hydroxylation is 2. The lowest BCUT2D eigenvalue weighted by molar-refractivity contribution is -0.156. The first-order chi connectivity index (χ1) is 20.5. The minimum atomic E-state index is -1.35. The van der Waals surface area contributed by atoms with Gasteiger partial charge in [-0.05, 0) is 58.4 Å². The number of halogens is 1. The Labute approximate surface area is 246 Å². The van der Waals surface area contributed by atoms with Crippen molar-refractivity contribution < 1.29 is 32.9 Å². The van der Waals surface area contributed by atoms with Crippen LogP contribution in [0.1, 0.15) is 37.6 Å². The molecule has 0 spiro atoms. The molecule has 0 aliphatic carbocycles. The minimum absolute atomic E-state index is 0.0136. The summed E-state index contributed by atoms with van der Waals surface area (Å²) in [4.78, 5) is 32.4. The number of carbonyl (C=O) groups excluding carboxylic acids is 2. The molecule has 0 aliphatic heterocycles. The van der Waals surface area contributed by atoms with Crippen LogP contribution >= 0.6 is 0 Å². The van der Waals surface area contributed by atoms with Crippen LogP contribution < -0.4 is 14.8 Å². The van der Waals surface area contributed by atoms with Gasteiger partial charge in [0.2, 0.25) is 5.88 Å². The second-order valence-corrected chi connectivity index (χ2v) is 10.7. The molecule has 224 valence electrons. The van der Waals surface area contributed by atoms with E-state index in [4.69, 9.17) is 18.9 Å². The number of aromatic nitrogens is 4. The van der Waals surface area contributed by atoms with Gasteiger partial charge in [0.15, 0.2) is 11.6 Å². The van der Waals surface area contributed by atoms with Crippen molar-refractivity contribution in [1.29, 1.82) is 0 Å². The summed E-state index contributed by atoms with van der Waals surface area (Å²) in [5.74, 6) is -0.531. The van der Waals surface area contributed by atoms with E-state index in [1.54, 1.807) is 32.2 Å². The molecular weight excluding hydrogens is 557 g/mol. The standard InChI is InChI=1S/C31H32FN5O6/c1-18-13-22-23(35-18)11-12-24(26(22)32)43-28-27-20(3)25(14-37(27)34-17-33-28)40-15-19(2)42-29(38)31(4,5)36-30(39)41-16-21-9-7-6-8-10-21/h6-14,17,19,35H,15-16H2,1-5H3,(H,36,39)/t19-/m1/s1. The third kappa shape index (κ3) is 6.53. The van der Waals surface area contributed by atoms with Crippen molar-refractivity contribution in [2.75, 3.05) is 6.61 Å². The van der Waals surface area contributed by atoms with Gasteiger partial charge in [-0.25, -0.2) is 18.5 Å². The van der Waals surface area contributed by atoms with E-state index in [1.165, 1.54) is 30.8 Å². The first-order valence-electron chi connectivity index (χ1n) is 13.6. The van der Waals surface area contributed by atoms with E-state index in [0.717, 1.165) is 11.3 Å². The normalized spacial score (nSPS) is 12.2. The molecule has 0 saturated carbocycles. The lowest BCUT2D eigenvalue weighted by atomic mass is 10.1. The van der Waals surface area contributed by atoms with Crippen molar-refractivity contribution in [3.05, 3.63) is 83.7 Å². The van der Waals surface area contributed by atoms with Gasteiger partial charge in [0.05, 0.1) is 6.20 Å². The molecule has 11 nitrogen and oxygen atoms in total. The molecule has 0 unspecified atom stereocenters. The van der Waals surface area contributed by atoms with Gasteiger partial charge in [0, 0.05) is 22.2 Å². The number of hydrogen-bond donors (Lipinski definition) is 2. The van der Waals surface area contributed by atoms with Crippen LogP contribution in [0.3, 0.4) is 0 Å². The van der Waals surface area contributed by atoms with Crippen LogP contribution in [0, 0.1) is 19.7 Å². The quantitative estimate of drug-likeness (QED) is 0.196. The Morgan fingerprint density at radius 1 is 1.12 bits per heavy atom. The Balaban J connectivity index is 1.20. The number of amides is 1. The molecule has 43 heavy (non-hydrogen) atoms. The van der Waals surface area contributed by atoms with Crippen LogP contribution in [0.15, 0.2) is 61.1 Å². The average molecular weight is 590 g/mol. The lowest BCUT2D eigenvalue weighted by Gasteiger charge is -2.25. The van der Waals surface area contributed by atoms with Gasteiger partial charge in [-0.1, -0.05) is 30.3 Å². The molecule has 5 aromatic rings. The number of H-pyrrole nitrogens is 1. The second kappa shape index (κ2) is 12.0. The highest BCUT2D eigenvalue weighted by atomic mass is 19.1. The fourth-order valence-corrected chi connectivity index (χ4v) is 4.43. The molecule has 2 N–H and O–H groups in total. The summed E-state index contributed by atoms with van der Waals surface area (Å²) >= 11 is 0. The van der Waals surface area contributed by atoms with Crippen molar-refractivity contribution in [2.24, 2.45) is 0 Å². The predicted molar refractivity (Wildman–Crippen MR) is 156 cm³/mol. The van der Waals surface area contributed by atoms with E-state index >= 15 is 4.39 Å². The molecule has 3 aromatic heterocycles. The molecule has 1 atom stereocenters. The van der Waals surface area contributed by atoms with Crippen molar-refractivity contribution in [3.8, 4) is 17.4 Å². The molecule has 3 heterocycles. The van der Waals surface area contributed by atoms with Gasteiger partial charge in [-0.2, -0.15) is 10.1 Å². The summed E-state index contributed by atoms with van der Waals surface area (Å²) in [6, 6.07) is 14.2. The number of nitrogens with zero attached hydrogens (tertiary/aromatic N) is 3. The molecule has 12 heteroatoms. The van der Waals surface area contributed by atoms with Crippen LogP contribution in [0.4, 0.5) is 9.18 Å². The third-order valence-corrected chi connectivity index (χ3v) is 6.71. The Hall–Kier alpha value is -5.13. The SMILES string of the molecule is Cc1cc2c(F)c(Oc3ncnn4cc(OC[C@@H](C)OC(=O)C(C)(C)NC(=O)OCc5ccccc5)c(C)c34)ccc2[nH]1. The Morgan fingerprint density at radius 3 is 2.65 bits per heavy atom. The minimum Gasteiger partial charge on any atom is -0.488 e. The number of aromatic amines is 1. The highest BCUT2D eigenvalue weighted by Gasteiger charge is 2.33. The van der Waals surface area contributed by atoms with E-state index in [9.17, 15) is 9.59 Å². The lowest BCUT2D eigenvalue weighted by Crippen LogP contribution is -2.51. The molecule has 0 fully saturated rings. The molecule has 0 radical (unpaired) electrons. The van der Waals surface area contributed by atoms with E-state index in [0.29, 0.717) is 27.7 Å². The monoisotopic (exact) mass is 589 g/mol.